The van der Waals surface area contributed by atoms with Crippen molar-refractivity contribution in [2.45, 2.75) is 71.6 Å². The molecule has 0 aromatic heterocycles. The summed E-state index contributed by atoms with van der Waals surface area (Å²) < 4.78 is 19.6. The first kappa shape index (κ1) is 23.7. The smallest absolute Gasteiger partial charge is 0.420 e. The van der Waals surface area contributed by atoms with Gasteiger partial charge in [-0.15, -0.1) is 0 Å². The van der Waals surface area contributed by atoms with Crippen molar-refractivity contribution in [2.75, 3.05) is 14.2 Å². The summed E-state index contributed by atoms with van der Waals surface area (Å²) in [4.78, 5) is 49.1. The quantitative estimate of drug-likeness (QED) is 0.533. The van der Waals surface area contributed by atoms with Gasteiger partial charge in [-0.25, -0.2) is 14.4 Å². The van der Waals surface area contributed by atoms with Crippen molar-refractivity contribution in [1.29, 1.82) is 0 Å². The Morgan fingerprint density at radius 1 is 0.808 bits per heavy atom. The summed E-state index contributed by atoms with van der Waals surface area (Å²) >= 11 is 0. The third kappa shape index (κ3) is 8.68. The highest BCUT2D eigenvalue weighted by Gasteiger charge is 2.40. The molecule has 0 heterocycles. The van der Waals surface area contributed by atoms with E-state index in [0.29, 0.717) is 4.90 Å². The molecule has 0 aliphatic heterocycles. The fourth-order valence-electron chi connectivity index (χ4n) is 1.82. The molecule has 0 bridgehead atoms. The molecule has 0 aliphatic rings. The van der Waals surface area contributed by atoms with Crippen LogP contribution in [0.4, 0.5) is 9.59 Å². The topological polar surface area (TPSA) is 108 Å². The van der Waals surface area contributed by atoms with Crippen molar-refractivity contribution in [1.82, 2.24) is 4.90 Å². The normalized spacial score (nSPS) is 12.6. The van der Waals surface area contributed by atoms with Crippen molar-refractivity contribution >= 4 is 24.1 Å². The van der Waals surface area contributed by atoms with E-state index in [0.717, 1.165) is 7.11 Å². The first-order valence-electron chi connectivity index (χ1n) is 8.11. The van der Waals surface area contributed by atoms with Gasteiger partial charge in [-0.1, -0.05) is 0 Å². The third-order valence-corrected chi connectivity index (χ3v) is 2.80. The number of ether oxygens (including phenoxy) is 4. The zero-order valence-corrected chi connectivity index (χ0v) is 16.7. The molecular weight excluding hydrogens is 346 g/mol. The van der Waals surface area contributed by atoms with Crippen molar-refractivity contribution < 1.29 is 38.1 Å². The molecule has 0 rings (SSSR count). The minimum atomic E-state index is -1.41. The van der Waals surface area contributed by atoms with Gasteiger partial charge in [0.15, 0.2) is 0 Å². The number of methoxy groups -OCH3 is 2. The Morgan fingerprint density at radius 3 is 1.69 bits per heavy atom. The van der Waals surface area contributed by atoms with Crippen LogP contribution in [-0.2, 0) is 28.5 Å². The van der Waals surface area contributed by atoms with Gasteiger partial charge < -0.3 is 18.9 Å². The highest BCUT2D eigenvalue weighted by molar-refractivity contribution is 5.94. The van der Waals surface area contributed by atoms with E-state index in [1.807, 2.05) is 0 Å². The first-order chi connectivity index (χ1) is 11.7. The predicted molar refractivity (Wildman–Crippen MR) is 91.4 cm³/mol. The summed E-state index contributed by atoms with van der Waals surface area (Å²) in [5.74, 6) is -1.47. The lowest BCUT2D eigenvalue weighted by atomic mass is 10.1. The van der Waals surface area contributed by atoms with E-state index in [2.05, 4.69) is 9.47 Å². The van der Waals surface area contributed by atoms with Crippen LogP contribution in [0.1, 0.15) is 54.4 Å². The van der Waals surface area contributed by atoms with Crippen LogP contribution in [0.2, 0.25) is 0 Å². The van der Waals surface area contributed by atoms with Crippen LogP contribution in [0.15, 0.2) is 0 Å². The van der Waals surface area contributed by atoms with Gasteiger partial charge in [-0.05, 0) is 48.0 Å². The van der Waals surface area contributed by atoms with Crippen LogP contribution in [0, 0.1) is 0 Å². The number of hydrogen-bond acceptors (Lipinski definition) is 8. The van der Waals surface area contributed by atoms with Crippen molar-refractivity contribution in [3.05, 3.63) is 0 Å². The van der Waals surface area contributed by atoms with Gasteiger partial charge in [0.05, 0.1) is 14.2 Å². The van der Waals surface area contributed by atoms with Crippen LogP contribution in [-0.4, -0.2) is 60.5 Å². The molecule has 0 aliphatic carbocycles. The van der Waals surface area contributed by atoms with Crippen LogP contribution in [0.25, 0.3) is 0 Å². The molecule has 9 heteroatoms. The van der Waals surface area contributed by atoms with E-state index >= 15 is 0 Å². The number of nitrogens with zero attached hydrogens (tertiary/aromatic N) is 1. The predicted octanol–water partition coefficient (Wildman–Crippen LogP) is 2.65. The van der Waals surface area contributed by atoms with Gasteiger partial charge in [0.2, 0.25) is 0 Å². The Kier molecular flexibility index (Phi) is 8.56. The molecule has 0 aromatic carbocycles. The molecule has 0 radical (unpaired) electrons. The Hall–Kier alpha value is -2.32. The Morgan fingerprint density at radius 2 is 1.31 bits per heavy atom. The molecule has 150 valence electrons. The van der Waals surface area contributed by atoms with E-state index in [1.54, 1.807) is 41.5 Å². The Bertz CT molecular complexity index is 530. The molecule has 1 atom stereocenters. The zero-order valence-electron chi connectivity index (χ0n) is 16.7. The van der Waals surface area contributed by atoms with Crippen LogP contribution >= 0.6 is 0 Å². The van der Waals surface area contributed by atoms with E-state index in [-0.39, 0.29) is 12.8 Å². The maximum Gasteiger partial charge on any atom is 0.420 e. The Labute approximate surface area is 153 Å². The second kappa shape index (κ2) is 9.40. The monoisotopic (exact) mass is 375 g/mol. The molecule has 26 heavy (non-hydrogen) atoms. The number of hydrogen-bond donors (Lipinski definition) is 0. The summed E-state index contributed by atoms with van der Waals surface area (Å²) in [5.41, 5.74) is -1.78. The maximum absolute atomic E-state index is 12.6. The molecule has 0 spiro atoms. The molecule has 0 saturated carbocycles. The lowest BCUT2D eigenvalue weighted by molar-refractivity contribution is -0.161. The molecule has 9 nitrogen and oxygen atoms in total. The molecule has 0 N–H and O–H groups in total. The largest absolute Gasteiger partial charge is 0.469 e. The summed E-state index contributed by atoms with van der Waals surface area (Å²) in [7, 11) is 2.25. The van der Waals surface area contributed by atoms with E-state index in [9.17, 15) is 19.2 Å². The van der Waals surface area contributed by atoms with Crippen molar-refractivity contribution in [3.63, 3.8) is 0 Å². The Balaban J connectivity index is 5.75. The summed E-state index contributed by atoms with van der Waals surface area (Å²) in [6.07, 6.45) is -2.59. The van der Waals surface area contributed by atoms with Crippen molar-refractivity contribution in [2.24, 2.45) is 0 Å². The van der Waals surface area contributed by atoms with E-state index < -0.39 is 41.4 Å². The van der Waals surface area contributed by atoms with E-state index in [4.69, 9.17) is 9.47 Å². The molecule has 2 amide bonds. The minimum Gasteiger partial charge on any atom is -0.469 e. The van der Waals surface area contributed by atoms with E-state index in [1.165, 1.54) is 7.11 Å². The zero-order chi connectivity index (χ0) is 20.7. The number of rotatable bonds is 5. The summed E-state index contributed by atoms with van der Waals surface area (Å²) in [6, 6.07) is -1.41. The number of imide groups is 1. The fourth-order valence-corrected chi connectivity index (χ4v) is 1.82. The van der Waals surface area contributed by atoms with Gasteiger partial charge in [0.1, 0.15) is 17.2 Å². The van der Waals surface area contributed by atoms with Crippen LogP contribution in [0.3, 0.4) is 0 Å². The lowest BCUT2D eigenvalue weighted by Crippen LogP contribution is -2.52. The molecule has 0 fully saturated rings. The van der Waals surface area contributed by atoms with Gasteiger partial charge in [0.25, 0.3) is 0 Å². The second-order valence-electron chi connectivity index (χ2n) is 7.48. The molecule has 0 unspecified atom stereocenters. The highest BCUT2D eigenvalue weighted by Crippen LogP contribution is 2.19. The number of esters is 2. The SMILES string of the molecule is COC(=O)CC[C@@H](C(=O)OC(C)(C)C)N(C(=O)OC)C(=O)OC(C)(C)C. The average molecular weight is 375 g/mol. The number of carbonyl (C=O) groups excluding carboxylic acids is 4. The maximum atomic E-state index is 12.6. The van der Waals surface area contributed by atoms with Crippen LogP contribution < -0.4 is 0 Å². The second-order valence-corrected chi connectivity index (χ2v) is 7.48. The van der Waals surface area contributed by atoms with Crippen molar-refractivity contribution in [3.8, 4) is 0 Å². The summed E-state index contributed by atoms with van der Waals surface area (Å²) in [6.45, 7) is 9.74. The van der Waals surface area contributed by atoms with Crippen LogP contribution in [0.5, 0.6) is 0 Å². The third-order valence-electron chi connectivity index (χ3n) is 2.80. The van der Waals surface area contributed by atoms with Gasteiger partial charge in [-0.3, -0.25) is 4.79 Å². The summed E-state index contributed by atoms with van der Waals surface area (Å²) in [5, 5.41) is 0. The standard InChI is InChI=1S/C17H29NO8/c1-16(2,3)25-13(20)11(9-10-12(19)23-7)18(14(21)24-8)15(22)26-17(4,5)6/h11H,9-10H2,1-8H3/t11-/m0/s1. The number of carbonyl (C=O) groups is 4. The molecular formula is C17H29NO8. The molecule has 0 aromatic rings. The van der Waals surface area contributed by atoms with Gasteiger partial charge >= 0.3 is 24.1 Å². The average Bonchev–Trinajstić information content (AvgIpc) is 2.46. The lowest BCUT2D eigenvalue weighted by Gasteiger charge is -2.31. The fraction of sp³-hybridized carbons (Fsp3) is 0.765. The highest BCUT2D eigenvalue weighted by atomic mass is 16.6. The molecule has 0 saturated heterocycles. The minimum absolute atomic E-state index is 0.198. The number of amides is 2. The van der Waals surface area contributed by atoms with Gasteiger partial charge in [0, 0.05) is 6.42 Å². The first-order valence-corrected chi connectivity index (χ1v) is 8.11. The van der Waals surface area contributed by atoms with Gasteiger partial charge in [-0.2, -0.15) is 4.90 Å².